The lowest BCUT2D eigenvalue weighted by atomic mass is 9.87. The molecule has 4 nitrogen and oxygen atoms in total. The number of ether oxygens (including phenoxy) is 2. The molecule has 4 heteroatoms. The molecule has 0 N–H and O–H groups in total. The maximum absolute atomic E-state index is 6.11. The van der Waals surface area contributed by atoms with E-state index in [1.54, 1.807) is 0 Å². The molecule has 0 saturated heterocycles. The van der Waals surface area contributed by atoms with E-state index < -0.39 is 0 Å². The second-order valence-corrected chi connectivity index (χ2v) is 21.6. The van der Waals surface area contributed by atoms with Gasteiger partial charge in [-0.25, -0.2) is 0 Å². The van der Waals surface area contributed by atoms with Crippen molar-refractivity contribution in [3.63, 3.8) is 0 Å². The van der Waals surface area contributed by atoms with Crippen molar-refractivity contribution in [2.45, 2.75) is 66.2 Å². The monoisotopic (exact) mass is 1010 g/mol. The lowest BCUT2D eigenvalue weighted by Crippen LogP contribution is -2.10. The topological polar surface area (TPSA) is 24.9 Å². The van der Waals surface area contributed by atoms with Crippen LogP contribution in [0, 0.1) is 0 Å². The number of hydrogen-bond donors (Lipinski definition) is 0. The Labute approximate surface area is 458 Å². The zero-order chi connectivity index (χ0) is 53.0. The van der Waals surface area contributed by atoms with E-state index >= 15 is 0 Å². The van der Waals surface area contributed by atoms with Gasteiger partial charge in [-0.05, 0) is 197 Å². The number of hydrogen-bond acceptors (Lipinski definition) is 4. The van der Waals surface area contributed by atoms with Crippen LogP contribution in [0.3, 0.4) is 0 Å². The molecule has 0 spiro atoms. The normalized spacial score (nSPS) is 11.9. The van der Waals surface area contributed by atoms with E-state index in [0.717, 1.165) is 58.5 Å². The van der Waals surface area contributed by atoms with E-state index in [4.69, 9.17) is 9.47 Å². The molecular formula is C74H64N2O2. The van der Waals surface area contributed by atoms with Crippen molar-refractivity contribution in [2.75, 3.05) is 23.0 Å². The smallest absolute Gasteiger partial charge is 0.119 e. The number of rotatable bonds is 16. The molecule has 13 aromatic rings. The van der Waals surface area contributed by atoms with Crippen molar-refractivity contribution in [3.05, 3.63) is 230 Å². The molecule has 78 heavy (non-hydrogen) atoms. The summed E-state index contributed by atoms with van der Waals surface area (Å²) in [6, 6.07) is 81.4. The summed E-state index contributed by atoms with van der Waals surface area (Å²) in [4.78, 5) is 4.86. The molecule has 0 aliphatic heterocycles. The van der Waals surface area contributed by atoms with Gasteiger partial charge in [0.15, 0.2) is 0 Å². The first-order valence-corrected chi connectivity index (χ1v) is 28.0. The van der Waals surface area contributed by atoms with Crippen LogP contribution in [0.2, 0.25) is 0 Å². The van der Waals surface area contributed by atoms with Gasteiger partial charge in [0.05, 0.1) is 24.6 Å². The zero-order valence-corrected chi connectivity index (χ0v) is 45.5. The fraction of sp³-hybridized carbons (Fsp3) is 0.162. The highest BCUT2D eigenvalue weighted by atomic mass is 16.5. The van der Waals surface area contributed by atoms with Gasteiger partial charge >= 0.3 is 0 Å². The molecule has 0 aliphatic carbocycles. The SMILES string of the molecule is CCCOc1ccc(N(c2ccc(C(C)C)cc2)c2ccc3c4c(-c5ccccc5)c5c6ccc(N(c7ccc(OCCC)cc7)c7ccc(C(C)C)cc7)c7cccc(c5c(-c5ccccc5)c4c4cccc2c43)c76)cc1. The van der Waals surface area contributed by atoms with Crippen LogP contribution in [0.25, 0.3) is 86.9 Å². The Morgan fingerprint density at radius 2 is 0.628 bits per heavy atom. The lowest BCUT2D eigenvalue weighted by molar-refractivity contribution is 0.317. The molecule has 0 bridgehead atoms. The summed E-state index contributed by atoms with van der Waals surface area (Å²) in [5.74, 6) is 2.61. The fourth-order valence-electron chi connectivity index (χ4n) is 12.3. The van der Waals surface area contributed by atoms with E-state index in [2.05, 4.69) is 270 Å². The molecule has 0 aromatic heterocycles. The van der Waals surface area contributed by atoms with E-state index in [1.807, 2.05) is 0 Å². The van der Waals surface area contributed by atoms with Gasteiger partial charge in [-0.3, -0.25) is 0 Å². The van der Waals surface area contributed by atoms with Crippen LogP contribution in [-0.2, 0) is 0 Å². The van der Waals surface area contributed by atoms with Crippen LogP contribution >= 0.6 is 0 Å². The van der Waals surface area contributed by atoms with Crippen LogP contribution < -0.4 is 19.3 Å². The average molecular weight is 1010 g/mol. The number of benzene rings is 11. The Morgan fingerprint density at radius 1 is 0.308 bits per heavy atom. The zero-order valence-electron chi connectivity index (χ0n) is 45.5. The third-order valence-corrected chi connectivity index (χ3v) is 16.0. The molecule has 0 saturated carbocycles. The Kier molecular flexibility index (Phi) is 12.7. The first-order chi connectivity index (χ1) is 38.3. The van der Waals surface area contributed by atoms with Crippen molar-refractivity contribution in [1.82, 2.24) is 0 Å². The lowest BCUT2D eigenvalue weighted by Gasteiger charge is -2.27. The van der Waals surface area contributed by atoms with Gasteiger partial charge in [0.25, 0.3) is 0 Å². The minimum atomic E-state index is 0.425. The van der Waals surface area contributed by atoms with Gasteiger partial charge in [0, 0.05) is 33.5 Å². The predicted octanol–water partition coefficient (Wildman–Crippen LogP) is 21.6. The first kappa shape index (κ1) is 48.8. The quantitative estimate of drug-likeness (QED) is 0.0963. The maximum atomic E-state index is 6.11. The molecule has 0 amide bonds. The summed E-state index contributed by atoms with van der Waals surface area (Å²) in [7, 11) is 0. The molecule has 0 atom stereocenters. The summed E-state index contributed by atoms with van der Waals surface area (Å²) in [5.41, 5.74) is 14.2. The van der Waals surface area contributed by atoms with Crippen LogP contribution in [0.15, 0.2) is 218 Å². The molecule has 13 rings (SSSR count). The molecule has 0 aliphatic rings. The van der Waals surface area contributed by atoms with Gasteiger partial charge in [0.2, 0.25) is 0 Å². The van der Waals surface area contributed by atoms with E-state index in [9.17, 15) is 0 Å². The van der Waals surface area contributed by atoms with Gasteiger partial charge < -0.3 is 19.3 Å². The van der Waals surface area contributed by atoms with Crippen molar-refractivity contribution < 1.29 is 9.47 Å². The second-order valence-electron chi connectivity index (χ2n) is 21.6. The molecule has 0 unspecified atom stereocenters. The maximum Gasteiger partial charge on any atom is 0.119 e. The molecule has 0 radical (unpaired) electrons. The van der Waals surface area contributed by atoms with Crippen LogP contribution in [0.5, 0.6) is 11.5 Å². The summed E-state index contributed by atoms with van der Waals surface area (Å²) in [6.07, 6.45) is 1.92. The first-order valence-electron chi connectivity index (χ1n) is 28.0. The Balaban J connectivity index is 1.12. The van der Waals surface area contributed by atoms with Crippen molar-refractivity contribution in [2.24, 2.45) is 0 Å². The molecule has 0 heterocycles. The van der Waals surface area contributed by atoms with Crippen molar-refractivity contribution in [1.29, 1.82) is 0 Å². The summed E-state index contributed by atoms with van der Waals surface area (Å²) < 4.78 is 12.2. The number of nitrogens with zero attached hydrogens (tertiary/aromatic N) is 2. The predicted molar refractivity (Wildman–Crippen MR) is 334 cm³/mol. The molecule has 13 aromatic carbocycles. The summed E-state index contributed by atoms with van der Waals surface area (Å²) in [6.45, 7) is 14.7. The van der Waals surface area contributed by atoms with Crippen molar-refractivity contribution >= 4 is 98.8 Å². The van der Waals surface area contributed by atoms with Crippen LogP contribution in [0.4, 0.5) is 34.1 Å². The largest absolute Gasteiger partial charge is 0.494 e. The third kappa shape index (κ3) is 8.21. The Bertz CT molecular complexity index is 3910. The van der Waals surface area contributed by atoms with Gasteiger partial charge in [-0.1, -0.05) is 175 Å². The van der Waals surface area contributed by atoms with Gasteiger partial charge in [0.1, 0.15) is 11.5 Å². The minimum absolute atomic E-state index is 0.425. The van der Waals surface area contributed by atoms with Crippen molar-refractivity contribution in [3.8, 4) is 33.8 Å². The standard InChI is InChI=1S/C74H64N2O2/c1-7-45-77-57-37-33-55(34-38-57)75(53-29-25-49(26-30-53)47(3)4)65-43-41-63-69-59(65)21-15-23-61(69)71-67(51-17-11-9-12-18-51)72-62-24-16-22-60-66(44-42-64(70(60)62)74(72)68(73(63)71)52-19-13-10-14-20-52)76(54-31-27-50(28-32-54)48(5)6)56-35-39-58(40-36-56)78-46-8-2/h9-44,47-48H,7-8,45-46H2,1-6H3. The minimum Gasteiger partial charge on any atom is -0.494 e. The molecular weight excluding hydrogens is 949 g/mol. The highest BCUT2D eigenvalue weighted by molar-refractivity contribution is 6.47. The van der Waals surface area contributed by atoms with E-state index in [1.165, 1.54) is 98.0 Å². The van der Waals surface area contributed by atoms with Crippen LogP contribution in [-0.4, -0.2) is 13.2 Å². The Hall–Kier alpha value is -8.86. The van der Waals surface area contributed by atoms with E-state index in [0.29, 0.717) is 25.0 Å². The van der Waals surface area contributed by atoms with Gasteiger partial charge in [-0.2, -0.15) is 0 Å². The number of anilines is 6. The van der Waals surface area contributed by atoms with Gasteiger partial charge in [-0.15, -0.1) is 0 Å². The highest BCUT2D eigenvalue weighted by Crippen LogP contribution is 2.58. The molecule has 0 fully saturated rings. The highest BCUT2D eigenvalue weighted by Gasteiger charge is 2.30. The van der Waals surface area contributed by atoms with E-state index in [-0.39, 0.29) is 0 Å². The van der Waals surface area contributed by atoms with Crippen LogP contribution in [0.1, 0.15) is 77.3 Å². The third-order valence-electron chi connectivity index (χ3n) is 16.0. The summed E-state index contributed by atoms with van der Waals surface area (Å²) in [5, 5.41) is 15.1. The average Bonchev–Trinajstić information content (AvgIpc) is 3.98. The fourth-order valence-corrected chi connectivity index (χ4v) is 12.3. The number of fused-ring (bicyclic) bond motifs is 6. The summed E-state index contributed by atoms with van der Waals surface area (Å²) >= 11 is 0. The molecule has 382 valence electrons. The Morgan fingerprint density at radius 3 is 0.962 bits per heavy atom. The second kappa shape index (κ2) is 20.3.